The molecule has 116 valence electrons. The van der Waals surface area contributed by atoms with Gasteiger partial charge >= 0.3 is 5.97 Å². The molecule has 0 aromatic carbocycles. The minimum absolute atomic E-state index is 0.00378. The maximum atomic E-state index is 10.8. The highest BCUT2D eigenvalue weighted by molar-refractivity contribution is 5.85. The molecule has 0 amide bonds. The highest BCUT2D eigenvalue weighted by Gasteiger charge is 2.18. The molecule has 0 radical (unpaired) electrons. The predicted octanol–water partition coefficient (Wildman–Crippen LogP) is 3.14. The third-order valence-corrected chi connectivity index (χ3v) is 3.43. The maximum Gasteiger partial charge on any atom is 0.333 e. The summed E-state index contributed by atoms with van der Waals surface area (Å²) in [5.41, 5.74) is 0.00378. The van der Waals surface area contributed by atoms with Crippen LogP contribution in [-0.2, 0) is 19.0 Å². The van der Waals surface area contributed by atoms with Crippen molar-refractivity contribution in [1.82, 2.24) is 0 Å². The summed E-state index contributed by atoms with van der Waals surface area (Å²) in [7, 11) is 0. The van der Waals surface area contributed by atoms with E-state index in [1.807, 2.05) is 6.08 Å². The van der Waals surface area contributed by atoms with Gasteiger partial charge in [-0.3, -0.25) is 0 Å². The van der Waals surface area contributed by atoms with Gasteiger partial charge in [0.25, 0.3) is 0 Å². The number of rotatable bonds is 9. The number of carboxylic acid groups (broad SMARTS) is 1. The minimum atomic E-state index is -1.06. The van der Waals surface area contributed by atoms with Crippen LogP contribution in [0.25, 0.3) is 0 Å². The molecule has 5 nitrogen and oxygen atoms in total. The molecule has 1 unspecified atom stereocenters. The Hall–Kier alpha value is -1.75. The zero-order chi connectivity index (χ0) is 15.1. The second kappa shape index (κ2) is 7.88. The van der Waals surface area contributed by atoms with Gasteiger partial charge in [0.15, 0.2) is 0 Å². The molecule has 2 aliphatic carbocycles. The molecule has 0 aliphatic heterocycles. The minimum Gasteiger partial charge on any atom is -0.492 e. The second-order valence-electron chi connectivity index (χ2n) is 5.20. The van der Waals surface area contributed by atoms with Crippen LogP contribution in [0.2, 0.25) is 0 Å². The quantitative estimate of drug-likeness (QED) is 0.523. The van der Waals surface area contributed by atoms with E-state index in [4.69, 9.17) is 19.3 Å². The molecule has 0 aromatic heterocycles. The van der Waals surface area contributed by atoms with Gasteiger partial charge in [0, 0.05) is 12.8 Å². The summed E-state index contributed by atoms with van der Waals surface area (Å²) >= 11 is 0. The van der Waals surface area contributed by atoms with Crippen molar-refractivity contribution in [3.05, 3.63) is 35.8 Å². The Morgan fingerprint density at radius 1 is 1.24 bits per heavy atom. The van der Waals surface area contributed by atoms with Crippen molar-refractivity contribution < 1.29 is 24.1 Å². The fourth-order valence-corrected chi connectivity index (χ4v) is 2.24. The summed E-state index contributed by atoms with van der Waals surface area (Å²) in [6.45, 7) is 3.63. The van der Waals surface area contributed by atoms with E-state index in [9.17, 15) is 4.79 Å². The largest absolute Gasteiger partial charge is 0.492 e. The van der Waals surface area contributed by atoms with Crippen LogP contribution >= 0.6 is 0 Å². The van der Waals surface area contributed by atoms with Crippen molar-refractivity contribution >= 4 is 5.97 Å². The van der Waals surface area contributed by atoms with Crippen molar-refractivity contribution in [2.45, 2.75) is 44.8 Å². The van der Waals surface area contributed by atoms with Gasteiger partial charge in [-0.2, -0.15) is 0 Å². The molecule has 21 heavy (non-hydrogen) atoms. The normalized spacial score (nSPS) is 18.9. The molecule has 2 aliphatic rings. The van der Waals surface area contributed by atoms with Gasteiger partial charge in [0.2, 0.25) is 6.29 Å². The predicted molar refractivity (Wildman–Crippen MR) is 77.4 cm³/mol. The molecule has 0 fully saturated rings. The monoisotopic (exact) mass is 294 g/mol. The molecule has 5 heteroatoms. The van der Waals surface area contributed by atoms with E-state index in [0.29, 0.717) is 0 Å². The molecular weight excluding hydrogens is 272 g/mol. The van der Waals surface area contributed by atoms with Crippen LogP contribution in [0.5, 0.6) is 0 Å². The molecule has 0 saturated heterocycles. The molecular formula is C16H22O5. The van der Waals surface area contributed by atoms with E-state index in [-0.39, 0.29) is 18.8 Å². The summed E-state index contributed by atoms with van der Waals surface area (Å²) in [6.07, 6.45) is 9.59. The number of hydrogen-bond donors (Lipinski definition) is 1. The first-order valence-electron chi connectivity index (χ1n) is 7.35. The van der Waals surface area contributed by atoms with Gasteiger partial charge in [0.1, 0.15) is 6.61 Å². The smallest absolute Gasteiger partial charge is 0.333 e. The fraction of sp³-hybridized carbons (Fsp3) is 0.562. The molecule has 0 aromatic rings. The topological polar surface area (TPSA) is 65.0 Å². The van der Waals surface area contributed by atoms with Gasteiger partial charge < -0.3 is 19.3 Å². The van der Waals surface area contributed by atoms with E-state index in [1.165, 1.54) is 0 Å². The Kier molecular flexibility index (Phi) is 5.87. The van der Waals surface area contributed by atoms with Crippen LogP contribution in [0.15, 0.2) is 35.8 Å². The molecule has 1 N–H and O–H groups in total. The highest BCUT2D eigenvalue weighted by atomic mass is 16.7. The van der Waals surface area contributed by atoms with Crippen molar-refractivity contribution in [3.8, 4) is 0 Å². The van der Waals surface area contributed by atoms with Crippen LogP contribution in [-0.4, -0.2) is 30.6 Å². The SMILES string of the molecule is C=C(COC(COC1=CCCC1)OC1=CCCC1)C(=O)O. The Labute approximate surface area is 124 Å². The number of ether oxygens (including phenoxy) is 3. The lowest BCUT2D eigenvalue weighted by molar-refractivity contribution is -0.146. The molecule has 2 rings (SSSR count). The number of allylic oxidation sites excluding steroid dienone is 4. The third kappa shape index (κ3) is 5.27. The average Bonchev–Trinajstić information content (AvgIpc) is 3.14. The van der Waals surface area contributed by atoms with E-state index in [1.54, 1.807) is 0 Å². The number of aliphatic carboxylic acids is 1. The molecule has 0 bridgehead atoms. The van der Waals surface area contributed by atoms with Crippen LogP contribution in [0, 0.1) is 0 Å². The first-order chi connectivity index (χ1) is 10.1. The Morgan fingerprint density at radius 3 is 2.48 bits per heavy atom. The molecule has 0 heterocycles. The van der Waals surface area contributed by atoms with Crippen LogP contribution in [0.3, 0.4) is 0 Å². The first kappa shape index (κ1) is 15.6. The molecule has 1 atom stereocenters. The number of carbonyl (C=O) groups is 1. The van der Waals surface area contributed by atoms with Crippen LogP contribution in [0.1, 0.15) is 38.5 Å². The number of hydrogen-bond acceptors (Lipinski definition) is 4. The standard InChI is InChI=1S/C16H22O5/c1-12(16(17)18)10-20-15(21-14-8-4-5-9-14)11-19-13-6-2-3-7-13/h6,8,15H,1-5,7,9-11H2,(H,17,18). The van der Waals surface area contributed by atoms with Gasteiger partial charge in [-0.25, -0.2) is 4.79 Å². The summed E-state index contributed by atoms with van der Waals surface area (Å²) in [4.78, 5) is 10.8. The zero-order valence-electron chi connectivity index (χ0n) is 12.2. The van der Waals surface area contributed by atoms with Crippen molar-refractivity contribution in [2.24, 2.45) is 0 Å². The van der Waals surface area contributed by atoms with E-state index in [0.717, 1.165) is 50.0 Å². The number of carboxylic acids is 1. The Morgan fingerprint density at radius 2 is 1.90 bits per heavy atom. The van der Waals surface area contributed by atoms with Gasteiger partial charge in [-0.05, 0) is 37.8 Å². The lowest BCUT2D eigenvalue weighted by Crippen LogP contribution is -2.25. The fourth-order valence-electron chi connectivity index (χ4n) is 2.24. The summed E-state index contributed by atoms with van der Waals surface area (Å²) in [6, 6.07) is 0. The Balaban J connectivity index is 1.82. The summed E-state index contributed by atoms with van der Waals surface area (Å²) in [5, 5.41) is 8.81. The first-order valence-corrected chi connectivity index (χ1v) is 7.35. The van der Waals surface area contributed by atoms with Gasteiger partial charge in [0.05, 0.1) is 23.7 Å². The van der Waals surface area contributed by atoms with E-state index < -0.39 is 12.3 Å². The van der Waals surface area contributed by atoms with Crippen molar-refractivity contribution in [1.29, 1.82) is 0 Å². The molecule has 0 saturated carbocycles. The van der Waals surface area contributed by atoms with Gasteiger partial charge in [-0.15, -0.1) is 0 Å². The van der Waals surface area contributed by atoms with Crippen molar-refractivity contribution in [3.63, 3.8) is 0 Å². The van der Waals surface area contributed by atoms with Crippen LogP contribution in [0.4, 0.5) is 0 Å². The lowest BCUT2D eigenvalue weighted by Gasteiger charge is -2.21. The zero-order valence-corrected chi connectivity index (χ0v) is 12.2. The highest BCUT2D eigenvalue weighted by Crippen LogP contribution is 2.23. The second-order valence-corrected chi connectivity index (χ2v) is 5.20. The van der Waals surface area contributed by atoms with Gasteiger partial charge in [-0.1, -0.05) is 6.58 Å². The lowest BCUT2D eigenvalue weighted by atomic mass is 10.3. The van der Waals surface area contributed by atoms with E-state index >= 15 is 0 Å². The third-order valence-electron chi connectivity index (χ3n) is 3.43. The van der Waals surface area contributed by atoms with Crippen molar-refractivity contribution in [2.75, 3.05) is 13.2 Å². The summed E-state index contributed by atoms with van der Waals surface area (Å²) in [5.74, 6) is 0.794. The Bertz CT molecular complexity index is 444. The maximum absolute atomic E-state index is 10.8. The van der Waals surface area contributed by atoms with E-state index in [2.05, 4.69) is 12.7 Å². The average molecular weight is 294 g/mol. The molecule has 0 spiro atoms. The summed E-state index contributed by atoms with van der Waals surface area (Å²) < 4.78 is 16.9. The van der Waals surface area contributed by atoms with Crippen LogP contribution < -0.4 is 0 Å².